The fraction of sp³-hybridized carbons (Fsp3) is 0.350. The molecule has 144 valence electrons. The lowest BCUT2D eigenvalue weighted by atomic mass is 10.2. The Bertz CT molecular complexity index is 792. The third-order valence-electron chi connectivity index (χ3n) is 4.59. The van der Waals surface area contributed by atoms with Gasteiger partial charge in [-0.25, -0.2) is 4.79 Å². The maximum Gasteiger partial charge on any atom is 0.321 e. The van der Waals surface area contributed by atoms with E-state index in [2.05, 4.69) is 16.3 Å². The molecule has 2 aromatic carbocycles. The van der Waals surface area contributed by atoms with E-state index in [9.17, 15) is 4.79 Å². The lowest BCUT2D eigenvalue weighted by Crippen LogP contribution is -2.49. The van der Waals surface area contributed by atoms with Crippen LogP contribution >= 0.6 is 11.6 Å². The molecule has 2 aromatic rings. The molecule has 0 aliphatic carbocycles. The summed E-state index contributed by atoms with van der Waals surface area (Å²) < 4.78 is 10.5. The van der Waals surface area contributed by atoms with Gasteiger partial charge in [0.2, 0.25) is 0 Å². The summed E-state index contributed by atoms with van der Waals surface area (Å²) in [6.45, 7) is 3.85. The van der Waals surface area contributed by atoms with Gasteiger partial charge < -0.3 is 19.7 Å². The number of methoxy groups -OCH3 is 2. The van der Waals surface area contributed by atoms with E-state index < -0.39 is 0 Å². The van der Waals surface area contributed by atoms with Gasteiger partial charge >= 0.3 is 6.03 Å². The van der Waals surface area contributed by atoms with E-state index in [0.29, 0.717) is 30.3 Å². The van der Waals surface area contributed by atoms with Crippen molar-refractivity contribution < 1.29 is 14.3 Å². The Morgan fingerprint density at radius 1 is 1.04 bits per heavy atom. The maximum absolute atomic E-state index is 12.5. The fourth-order valence-corrected chi connectivity index (χ4v) is 3.33. The second-order valence-corrected chi connectivity index (χ2v) is 6.83. The van der Waals surface area contributed by atoms with E-state index in [0.717, 1.165) is 24.7 Å². The molecule has 2 amide bonds. The average Bonchev–Trinajstić information content (AvgIpc) is 2.68. The summed E-state index contributed by atoms with van der Waals surface area (Å²) in [7, 11) is 3.15. The second kappa shape index (κ2) is 8.97. The molecule has 1 aliphatic heterocycles. The number of nitrogens with zero attached hydrogens (tertiary/aromatic N) is 2. The molecule has 27 heavy (non-hydrogen) atoms. The van der Waals surface area contributed by atoms with E-state index in [4.69, 9.17) is 21.1 Å². The standard InChI is InChI=1S/C20H24ClN3O3/c1-26-18-7-6-17(13-19(18)27-2)22-20(25)24-10-8-23(9-11-24)14-15-4-3-5-16(21)12-15/h3-7,12-13H,8-11,14H2,1-2H3,(H,22,25). The molecule has 1 N–H and O–H groups in total. The number of carbonyl (C=O) groups excluding carboxylic acids is 1. The molecule has 3 rings (SSSR count). The first-order valence-electron chi connectivity index (χ1n) is 8.84. The highest BCUT2D eigenvalue weighted by atomic mass is 35.5. The Hall–Kier alpha value is -2.44. The molecule has 0 aromatic heterocycles. The van der Waals surface area contributed by atoms with Crippen molar-refractivity contribution in [2.75, 3.05) is 45.7 Å². The summed E-state index contributed by atoms with van der Waals surface area (Å²) in [5, 5.41) is 3.68. The van der Waals surface area contributed by atoms with Gasteiger partial charge in [0.25, 0.3) is 0 Å². The number of amides is 2. The van der Waals surface area contributed by atoms with Crippen molar-refractivity contribution in [2.24, 2.45) is 0 Å². The van der Waals surface area contributed by atoms with Crippen LogP contribution in [0.15, 0.2) is 42.5 Å². The van der Waals surface area contributed by atoms with Crippen LogP contribution in [0.1, 0.15) is 5.56 Å². The molecule has 0 spiro atoms. The van der Waals surface area contributed by atoms with Crippen LogP contribution < -0.4 is 14.8 Å². The van der Waals surface area contributed by atoms with Crippen molar-refractivity contribution in [1.82, 2.24) is 9.80 Å². The number of urea groups is 1. The summed E-state index contributed by atoms with van der Waals surface area (Å²) in [4.78, 5) is 16.7. The van der Waals surface area contributed by atoms with Gasteiger partial charge in [-0.1, -0.05) is 23.7 Å². The van der Waals surface area contributed by atoms with Gasteiger partial charge in [0.05, 0.1) is 14.2 Å². The van der Waals surface area contributed by atoms with E-state index in [1.807, 2.05) is 23.1 Å². The number of benzene rings is 2. The molecular formula is C20H24ClN3O3. The second-order valence-electron chi connectivity index (χ2n) is 6.39. The normalized spacial score (nSPS) is 14.7. The highest BCUT2D eigenvalue weighted by Crippen LogP contribution is 2.29. The number of hydrogen-bond acceptors (Lipinski definition) is 4. The number of ether oxygens (including phenoxy) is 2. The number of piperazine rings is 1. The zero-order chi connectivity index (χ0) is 19.2. The Labute approximate surface area is 164 Å². The first kappa shape index (κ1) is 19.3. The number of nitrogens with one attached hydrogen (secondary N) is 1. The Morgan fingerprint density at radius 3 is 2.44 bits per heavy atom. The van der Waals surface area contributed by atoms with Crippen molar-refractivity contribution in [3.8, 4) is 11.5 Å². The van der Waals surface area contributed by atoms with Gasteiger partial charge in [0.1, 0.15) is 0 Å². The van der Waals surface area contributed by atoms with E-state index in [-0.39, 0.29) is 6.03 Å². The van der Waals surface area contributed by atoms with Gasteiger partial charge in [-0.05, 0) is 29.8 Å². The maximum atomic E-state index is 12.5. The van der Waals surface area contributed by atoms with E-state index in [1.165, 1.54) is 5.56 Å². The lowest BCUT2D eigenvalue weighted by molar-refractivity contribution is 0.143. The summed E-state index contributed by atoms with van der Waals surface area (Å²) in [5.41, 5.74) is 1.87. The topological polar surface area (TPSA) is 54.0 Å². The number of halogens is 1. The predicted octanol–water partition coefficient (Wildman–Crippen LogP) is 3.71. The molecule has 1 fully saturated rings. The number of anilines is 1. The van der Waals surface area contributed by atoms with Gasteiger partial charge in [-0.2, -0.15) is 0 Å². The summed E-state index contributed by atoms with van der Waals surface area (Å²) in [6.07, 6.45) is 0. The molecule has 0 bridgehead atoms. The Balaban J connectivity index is 1.52. The van der Waals surface area contributed by atoms with Crippen LogP contribution in [0, 0.1) is 0 Å². The minimum atomic E-state index is -0.107. The van der Waals surface area contributed by atoms with Crippen molar-refractivity contribution in [2.45, 2.75) is 6.54 Å². The predicted molar refractivity (Wildman–Crippen MR) is 107 cm³/mol. The van der Waals surface area contributed by atoms with E-state index >= 15 is 0 Å². The molecule has 6 nitrogen and oxygen atoms in total. The molecule has 0 radical (unpaired) electrons. The third kappa shape index (κ3) is 5.05. The molecule has 0 saturated carbocycles. The third-order valence-corrected chi connectivity index (χ3v) is 4.82. The average molecular weight is 390 g/mol. The molecule has 0 unspecified atom stereocenters. The van der Waals surface area contributed by atoms with Gasteiger partial charge in [0, 0.05) is 49.5 Å². The minimum Gasteiger partial charge on any atom is -0.493 e. The molecule has 1 aliphatic rings. The fourth-order valence-electron chi connectivity index (χ4n) is 3.12. The number of hydrogen-bond donors (Lipinski definition) is 1. The SMILES string of the molecule is COc1ccc(NC(=O)N2CCN(Cc3cccc(Cl)c3)CC2)cc1OC. The quantitative estimate of drug-likeness (QED) is 0.847. The highest BCUT2D eigenvalue weighted by molar-refractivity contribution is 6.30. The first-order valence-corrected chi connectivity index (χ1v) is 9.21. The van der Waals surface area contributed by atoms with Gasteiger partial charge in [0.15, 0.2) is 11.5 Å². The van der Waals surface area contributed by atoms with E-state index in [1.54, 1.807) is 32.4 Å². The van der Waals surface area contributed by atoms with Crippen LogP contribution in [0.3, 0.4) is 0 Å². The van der Waals surface area contributed by atoms with Crippen LogP contribution in [0.2, 0.25) is 5.02 Å². The summed E-state index contributed by atoms with van der Waals surface area (Å²) in [5.74, 6) is 1.21. The number of rotatable bonds is 5. The molecular weight excluding hydrogens is 366 g/mol. The Kier molecular flexibility index (Phi) is 6.42. The number of carbonyl (C=O) groups is 1. The van der Waals surface area contributed by atoms with Gasteiger partial charge in [-0.3, -0.25) is 4.90 Å². The highest BCUT2D eigenvalue weighted by Gasteiger charge is 2.21. The monoisotopic (exact) mass is 389 g/mol. The van der Waals surface area contributed by atoms with Crippen molar-refractivity contribution in [3.63, 3.8) is 0 Å². The smallest absolute Gasteiger partial charge is 0.321 e. The minimum absolute atomic E-state index is 0.107. The van der Waals surface area contributed by atoms with Crippen LogP contribution in [-0.4, -0.2) is 56.2 Å². The Morgan fingerprint density at radius 2 is 1.78 bits per heavy atom. The van der Waals surface area contributed by atoms with Crippen LogP contribution in [0.4, 0.5) is 10.5 Å². The van der Waals surface area contributed by atoms with Crippen LogP contribution in [-0.2, 0) is 6.54 Å². The summed E-state index contributed by atoms with van der Waals surface area (Å²) >= 11 is 6.05. The first-order chi connectivity index (χ1) is 13.1. The molecule has 7 heteroatoms. The largest absolute Gasteiger partial charge is 0.493 e. The zero-order valence-electron chi connectivity index (χ0n) is 15.6. The van der Waals surface area contributed by atoms with Crippen molar-refractivity contribution >= 4 is 23.3 Å². The lowest BCUT2D eigenvalue weighted by Gasteiger charge is -2.34. The van der Waals surface area contributed by atoms with Crippen LogP contribution in [0.5, 0.6) is 11.5 Å². The van der Waals surface area contributed by atoms with Crippen molar-refractivity contribution in [1.29, 1.82) is 0 Å². The van der Waals surface area contributed by atoms with Crippen molar-refractivity contribution in [3.05, 3.63) is 53.1 Å². The molecule has 0 atom stereocenters. The molecule has 1 heterocycles. The zero-order valence-corrected chi connectivity index (χ0v) is 16.3. The summed E-state index contributed by atoms with van der Waals surface area (Å²) in [6, 6.07) is 13.1. The van der Waals surface area contributed by atoms with Crippen LogP contribution in [0.25, 0.3) is 0 Å². The molecule has 1 saturated heterocycles. The van der Waals surface area contributed by atoms with Gasteiger partial charge in [-0.15, -0.1) is 0 Å².